The Bertz CT molecular complexity index is 371. The Morgan fingerprint density at radius 3 is 2.24 bits per heavy atom. The van der Waals surface area contributed by atoms with Crippen LogP contribution in [-0.2, 0) is 0 Å². The number of hydrogen-bond donors (Lipinski definition) is 2. The van der Waals surface area contributed by atoms with Crippen LogP contribution in [0.1, 0.15) is 43.3 Å². The van der Waals surface area contributed by atoms with Crippen molar-refractivity contribution in [2.75, 3.05) is 6.61 Å². The zero-order valence-electron chi connectivity index (χ0n) is 11.6. The SMILES string of the molecule is Cc1nn(C(CO)C(N)CC(C)C)c(C)c1C. The minimum absolute atomic E-state index is 0.0370. The summed E-state index contributed by atoms with van der Waals surface area (Å²) >= 11 is 0. The highest BCUT2D eigenvalue weighted by Gasteiger charge is 2.23. The van der Waals surface area contributed by atoms with E-state index in [1.54, 1.807) is 0 Å². The van der Waals surface area contributed by atoms with Crippen molar-refractivity contribution in [2.45, 2.75) is 53.1 Å². The summed E-state index contributed by atoms with van der Waals surface area (Å²) in [6, 6.07) is -0.179. The highest BCUT2D eigenvalue weighted by atomic mass is 16.3. The van der Waals surface area contributed by atoms with E-state index in [0.29, 0.717) is 5.92 Å². The molecule has 0 radical (unpaired) electrons. The summed E-state index contributed by atoms with van der Waals surface area (Å²) in [5.41, 5.74) is 9.46. The van der Waals surface area contributed by atoms with Crippen LogP contribution in [0.3, 0.4) is 0 Å². The maximum Gasteiger partial charge on any atom is 0.0903 e. The van der Waals surface area contributed by atoms with Gasteiger partial charge in [-0.2, -0.15) is 5.10 Å². The van der Waals surface area contributed by atoms with Crippen LogP contribution in [0, 0.1) is 26.7 Å². The van der Waals surface area contributed by atoms with Gasteiger partial charge < -0.3 is 10.8 Å². The first-order valence-electron chi connectivity index (χ1n) is 6.27. The van der Waals surface area contributed by atoms with E-state index in [2.05, 4.69) is 25.9 Å². The third-order valence-corrected chi connectivity index (χ3v) is 3.43. The smallest absolute Gasteiger partial charge is 0.0903 e. The molecule has 0 fully saturated rings. The molecule has 0 saturated heterocycles. The first kappa shape index (κ1) is 14.2. The Kier molecular flexibility index (Phi) is 4.71. The van der Waals surface area contributed by atoms with Crippen LogP contribution in [0.5, 0.6) is 0 Å². The standard InChI is InChI=1S/C13H25N3O/c1-8(2)6-12(14)13(7-17)16-11(5)9(3)10(4)15-16/h8,12-13,17H,6-7,14H2,1-5H3. The lowest BCUT2D eigenvalue weighted by molar-refractivity contribution is 0.185. The van der Waals surface area contributed by atoms with E-state index in [9.17, 15) is 5.11 Å². The predicted molar refractivity (Wildman–Crippen MR) is 70.0 cm³/mol. The highest BCUT2D eigenvalue weighted by molar-refractivity contribution is 5.23. The van der Waals surface area contributed by atoms with Crippen LogP contribution >= 0.6 is 0 Å². The van der Waals surface area contributed by atoms with Crippen LogP contribution in [0.4, 0.5) is 0 Å². The fourth-order valence-corrected chi connectivity index (χ4v) is 2.16. The fourth-order valence-electron chi connectivity index (χ4n) is 2.16. The molecule has 0 aliphatic carbocycles. The number of nitrogens with zero attached hydrogens (tertiary/aromatic N) is 2. The molecule has 2 unspecified atom stereocenters. The summed E-state index contributed by atoms with van der Waals surface area (Å²) in [4.78, 5) is 0. The first-order chi connectivity index (χ1) is 7.88. The monoisotopic (exact) mass is 239 g/mol. The Hall–Kier alpha value is -0.870. The number of aryl methyl sites for hydroxylation is 1. The van der Waals surface area contributed by atoms with Crippen LogP contribution in [0.15, 0.2) is 0 Å². The molecule has 1 rings (SSSR count). The summed E-state index contributed by atoms with van der Waals surface area (Å²) in [5.74, 6) is 0.525. The minimum atomic E-state index is -0.121. The van der Waals surface area contributed by atoms with E-state index in [4.69, 9.17) is 5.73 Å². The van der Waals surface area contributed by atoms with Crippen molar-refractivity contribution in [2.24, 2.45) is 11.7 Å². The molecular formula is C13H25N3O. The lowest BCUT2D eigenvalue weighted by atomic mass is 9.98. The van der Waals surface area contributed by atoms with Crippen LogP contribution in [0.25, 0.3) is 0 Å². The predicted octanol–water partition coefficient (Wildman–Crippen LogP) is 1.72. The second-order valence-corrected chi connectivity index (χ2v) is 5.28. The maximum absolute atomic E-state index is 9.55. The zero-order chi connectivity index (χ0) is 13.2. The number of nitrogens with two attached hydrogens (primary N) is 1. The van der Waals surface area contributed by atoms with E-state index < -0.39 is 0 Å². The summed E-state index contributed by atoms with van der Waals surface area (Å²) in [5, 5.41) is 14.0. The van der Waals surface area contributed by atoms with Gasteiger partial charge in [-0.15, -0.1) is 0 Å². The third-order valence-electron chi connectivity index (χ3n) is 3.43. The molecule has 4 nitrogen and oxygen atoms in total. The van der Waals surface area contributed by atoms with E-state index >= 15 is 0 Å². The second-order valence-electron chi connectivity index (χ2n) is 5.28. The van der Waals surface area contributed by atoms with Gasteiger partial charge in [-0.3, -0.25) is 4.68 Å². The quantitative estimate of drug-likeness (QED) is 0.822. The van der Waals surface area contributed by atoms with Gasteiger partial charge in [0.1, 0.15) is 0 Å². The third kappa shape index (κ3) is 3.07. The Morgan fingerprint density at radius 2 is 1.88 bits per heavy atom. The van der Waals surface area contributed by atoms with Gasteiger partial charge in [0, 0.05) is 11.7 Å². The number of rotatable bonds is 5. The van der Waals surface area contributed by atoms with Gasteiger partial charge in [0.15, 0.2) is 0 Å². The molecule has 1 aromatic heterocycles. The molecule has 98 valence electrons. The van der Waals surface area contributed by atoms with Crippen molar-refractivity contribution < 1.29 is 5.11 Å². The largest absolute Gasteiger partial charge is 0.394 e. The molecule has 1 aromatic rings. The molecule has 0 aromatic carbocycles. The van der Waals surface area contributed by atoms with E-state index in [-0.39, 0.29) is 18.7 Å². The molecule has 0 aliphatic heterocycles. The van der Waals surface area contributed by atoms with Crippen LogP contribution in [0.2, 0.25) is 0 Å². The van der Waals surface area contributed by atoms with Crippen molar-refractivity contribution >= 4 is 0 Å². The summed E-state index contributed by atoms with van der Waals surface area (Å²) < 4.78 is 1.89. The van der Waals surface area contributed by atoms with Crippen molar-refractivity contribution in [3.63, 3.8) is 0 Å². The highest BCUT2D eigenvalue weighted by Crippen LogP contribution is 2.21. The van der Waals surface area contributed by atoms with Crippen LogP contribution < -0.4 is 5.73 Å². The number of aliphatic hydroxyl groups is 1. The molecule has 0 amide bonds. The summed E-state index contributed by atoms with van der Waals surface area (Å²) in [6.07, 6.45) is 0.891. The number of aromatic nitrogens is 2. The Labute approximate surface area is 104 Å². The molecule has 0 saturated carbocycles. The van der Waals surface area contributed by atoms with Gasteiger partial charge in [0.2, 0.25) is 0 Å². The van der Waals surface area contributed by atoms with Gasteiger partial charge >= 0.3 is 0 Å². The maximum atomic E-state index is 9.55. The van der Waals surface area contributed by atoms with Gasteiger partial charge in [0.25, 0.3) is 0 Å². The van der Waals surface area contributed by atoms with Gasteiger partial charge in [-0.1, -0.05) is 13.8 Å². The average Bonchev–Trinajstić information content (AvgIpc) is 2.47. The molecule has 4 heteroatoms. The molecule has 17 heavy (non-hydrogen) atoms. The summed E-state index contributed by atoms with van der Waals surface area (Å²) in [6.45, 7) is 10.4. The van der Waals surface area contributed by atoms with Crippen LogP contribution in [-0.4, -0.2) is 27.5 Å². The molecule has 3 N–H and O–H groups in total. The molecule has 2 atom stereocenters. The van der Waals surface area contributed by atoms with E-state index in [1.807, 2.05) is 18.5 Å². The van der Waals surface area contributed by atoms with Crippen molar-refractivity contribution in [3.8, 4) is 0 Å². The minimum Gasteiger partial charge on any atom is -0.394 e. The zero-order valence-corrected chi connectivity index (χ0v) is 11.6. The lowest BCUT2D eigenvalue weighted by Crippen LogP contribution is -2.36. The molecule has 0 spiro atoms. The van der Waals surface area contributed by atoms with Crippen molar-refractivity contribution in [1.29, 1.82) is 0 Å². The molecule has 0 aliphatic rings. The van der Waals surface area contributed by atoms with Gasteiger partial charge in [-0.05, 0) is 38.7 Å². The first-order valence-corrected chi connectivity index (χ1v) is 6.27. The second kappa shape index (κ2) is 5.65. The van der Waals surface area contributed by atoms with E-state index in [1.165, 1.54) is 5.56 Å². The fraction of sp³-hybridized carbons (Fsp3) is 0.769. The van der Waals surface area contributed by atoms with Gasteiger partial charge in [-0.25, -0.2) is 0 Å². The van der Waals surface area contributed by atoms with Crippen molar-refractivity contribution in [1.82, 2.24) is 9.78 Å². The number of hydrogen-bond acceptors (Lipinski definition) is 3. The topological polar surface area (TPSA) is 64.1 Å². The molecule has 1 heterocycles. The normalized spacial score (nSPS) is 15.3. The molecule has 0 bridgehead atoms. The van der Waals surface area contributed by atoms with Gasteiger partial charge in [0.05, 0.1) is 18.3 Å². The lowest BCUT2D eigenvalue weighted by Gasteiger charge is -2.25. The van der Waals surface area contributed by atoms with E-state index in [0.717, 1.165) is 17.8 Å². The molecular weight excluding hydrogens is 214 g/mol. The Balaban J connectivity index is 2.97. The van der Waals surface area contributed by atoms with Crippen molar-refractivity contribution in [3.05, 3.63) is 17.0 Å². The Morgan fingerprint density at radius 1 is 1.29 bits per heavy atom. The summed E-state index contributed by atoms with van der Waals surface area (Å²) in [7, 11) is 0. The number of aliphatic hydroxyl groups excluding tert-OH is 1. The average molecular weight is 239 g/mol.